The average molecular weight is 328 g/mol. The number of carbonyl (C=O) groups is 1. The van der Waals surface area contributed by atoms with Gasteiger partial charge in [0.1, 0.15) is 5.54 Å². The van der Waals surface area contributed by atoms with E-state index in [4.69, 9.17) is 5.73 Å². The lowest BCUT2D eigenvalue weighted by molar-refractivity contribution is -0.126. The molecule has 0 heterocycles. The highest BCUT2D eigenvalue weighted by atomic mass is 79.9. The van der Waals surface area contributed by atoms with Crippen molar-refractivity contribution >= 4 is 21.8 Å². The summed E-state index contributed by atoms with van der Waals surface area (Å²) in [6.45, 7) is 4.36. The van der Waals surface area contributed by atoms with Crippen LogP contribution in [0.1, 0.15) is 19.4 Å². The van der Waals surface area contributed by atoms with Crippen LogP contribution in [0, 0.1) is 0 Å². The molecule has 106 valence electrons. The maximum Gasteiger partial charge on any atom is 0.244 e. The first kappa shape index (κ1) is 16.1. The summed E-state index contributed by atoms with van der Waals surface area (Å²) in [5, 5.41) is 2.90. The van der Waals surface area contributed by atoms with Gasteiger partial charge in [-0.05, 0) is 45.6 Å². The van der Waals surface area contributed by atoms with E-state index in [0.717, 1.165) is 10.0 Å². The van der Waals surface area contributed by atoms with Gasteiger partial charge in [-0.1, -0.05) is 28.1 Å². The number of carbonyl (C=O) groups excluding carboxylic acids is 1. The summed E-state index contributed by atoms with van der Waals surface area (Å²) in [5.41, 5.74) is 5.93. The van der Waals surface area contributed by atoms with Crippen molar-refractivity contribution in [1.82, 2.24) is 10.2 Å². The number of benzene rings is 1. The molecular formula is C14H22BrN3O. The first-order chi connectivity index (χ1) is 8.75. The standard InChI is InChI=1S/C14H22BrN3O/c1-10(18(3)4)9-17-13(19)14(2,16)11-5-7-12(15)8-6-11/h5-8,10H,9,16H2,1-4H3,(H,17,19). The number of likely N-dealkylation sites (N-methyl/N-ethyl adjacent to an activating group) is 1. The third-order valence-electron chi connectivity index (χ3n) is 3.36. The molecule has 19 heavy (non-hydrogen) atoms. The molecule has 0 aliphatic carbocycles. The van der Waals surface area contributed by atoms with Crippen LogP contribution in [-0.2, 0) is 10.3 Å². The van der Waals surface area contributed by atoms with Crippen LogP contribution < -0.4 is 11.1 Å². The van der Waals surface area contributed by atoms with Gasteiger partial charge in [0.05, 0.1) is 0 Å². The van der Waals surface area contributed by atoms with E-state index >= 15 is 0 Å². The van der Waals surface area contributed by atoms with E-state index in [2.05, 4.69) is 21.2 Å². The second kappa shape index (κ2) is 6.50. The van der Waals surface area contributed by atoms with Gasteiger partial charge in [-0.25, -0.2) is 0 Å². The van der Waals surface area contributed by atoms with Crippen LogP contribution in [0.25, 0.3) is 0 Å². The average Bonchev–Trinajstić information content (AvgIpc) is 2.35. The Labute approximate surface area is 123 Å². The molecule has 0 aliphatic rings. The minimum absolute atomic E-state index is 0.163. The molecule has 0 aromatic heterocycles. The number of nitrogens with one attached hydrogen (secondary N) is 1. The Kier molecular flexibility index (Phi) is 5.52. The number of hydrogen-bond donors (Lipinski definition) is 2. The summed E-state index contributed by atoms with van der Waals surface area (Å²) in [6, 6.07) is 7.76. The van der Waals surface area contributed by atoms with E-state index in [9.17, 15) is 4.79 Å². The van der Waals surface area contributed by atoms with Crippen molar-refractivity contribution in [2.75, 3.05) is 20.6 Å². The molecule has 0 aliphatic heterocycles. The molecule has 0 saturated carbocycles. The summed E-state index contributed by atoms with van der Waals surface area (Å²) >= 11 is 3.37. The molecule has 4 nitrogen and oxygen atoms in total. The Bertz CT molecular complexity index is 429. The van der Waals surface area contributed by atoms with Crippen molar-refractivity contribution in [3.05, 3.63) is 34.3 Å². The second-order valence-electron chi connectivity index (χ2n) is 5.23. The summed E-state index contributed by atoms with van der Waals surface area (Å²) < 4.78 is 0.966. The lowest BCUT2D eigenvalue weighted by atomic mass is 9.92. The molecule has 0 saturated heterocycles. The quantitative estimate of drug-likeness (QED) is 0.865. The lowest BCUT2D eigenvalue weighted by Crippen LogP contribution is -2.51. The van der Waals surface area contributed by atoms with Gasteiger partial charge < -0.3 is 16.0 Å². The fraction of sp³-hybridized carbons (Fsp3) is 0.500. The highest BCUT2D eigenvalue weighted by Gasteiger charge is 2.30. The summed E-state index contributed by atoms with van der Waals surface area (Å²) in [6.07, 6.45) is 0. The minimum atomic E-state index is -1.02. The van der Waals surface area contributed by atoms with E-state index < -0.39 is 5.54 Å². The maximum absolute atomic E-state index is 12.2. The van der Waals surface area contributed by atoms with Crippen LogP contribution in [0.15, 0.2) is 28.7 Å². The Morgan fingerprint density at radius 2 is 1.95 bits per heavy atom. The van der Waals surface area contributed by atoms with Gasteiger partial charge in [-0.3, -0.25) is 4.79 Å². The van der Waals surface area contributed by atoms with Crippen LogP contribution in [0.5, 0.6) is 0 Å². The summed E-state index contributed by atoms with van der Waals surface area (Å²) in [4.78, 5) is 14.3. The molecule has 1 aromatic carbocycles. The van der Waals surface area contributed by atoms with Crippen LogP contribution in [0.3, 0.4) is 0 Å². The highest BCUT2D eigenvalue weighted by Crippen LogP contribution is 2.20. The van der Waals surface area contributed by atoms with Crippen LogP contribution in [-0.4, -0.2) is 37.5 Å². The third-order valence-corrected chi connectivity index (χ3v) is 3.88. The zero-order valence-electron chi connectivity index (χ0n) is 11.9. The molecule has 1 amide bonds. The van der Waals surface area contributed by atoms with E-state index in [1.54, 1.807) is 6.92 Å². The predicted molar refractivity (Wildman–Crippen MR) is 81.8 cm³/mol. The molecule has 1 rings (SSSR count). The van der Waals surface area contributed by atoms with Gasteiger partial charge in [0.2, 0.25) is 5.91 Å². The van der Waals surface area contributed by atoms with Crippen molar-refractivity contribution in [1.29, 1.82) is 0 Å². The van der Waals surface area contributed by atoms with E-state index in [0.29, 0.717) is 6.54 Å². The normalized spacial score (nSPS) is 15.9. The molecule has 0 radical (unpaired) electrons. The van der Waals surface area contributed by atoms with Crippen molar-refractivity contribution < 1.29 is 4.79 Å². The molecule has 0 spiro atoms. The molecule has 0 bridgehead atoms. The van der Waals surface area contributed by atoms with Crippen LogP contribution >= 0.6 is 15.9 Å². The topological polar surface area (TPSA) is 58.4 Å². The molecule has 2 unspecified atom stereocenters. The number of nitrogens with two attached hydrogens (primary N) is 1. The summed E-state index contributed by atoms with van der Waals surface area (Å²) in [5.74, 6) is -0.163. The molecular weight excluding hydrogens is 306 g/mol. The van der Waals surface area contributed by atoms with Gasteiger partial charge in [-0.2, -0.15) is 0 Å². The van der Waals surface area contributed by atoms with Gasteiger partial charge in [-0.15, -0.1) is 0 Å². The van der Waals surface area contributed by atoms with Gasteiger partial charge in [0.25, 0.3) is 0 Å². The molecule has 0 fully saturated rings. The SMILES string of the molecule is CC(CNC(=O)C(C)(N)c1ccc(Br)cc1)N(C)C. The Morgan fingerprint density at radius 1 is 1.42 bits per heavy atom. The first-order valence-electron chi connectivity index (χ1n) is 6.24. The number of hydrogen-bond acceptors (Lipinski definition) is 3. The molecule has 2 atom stereocenters. The van der Waals surface area contributed by atoms with Crippen molar-refractivity contribution in [2.24, 2.45) is 5.73 Å². The number of halogens is 1. The van der Waals surface area contributed by atoms with E-state index in [1.807, 2.05) is 50.2 Å². The zero-order chi connectivity index (χ0) is 14.6. The fourth-order valence-electron chi connectivity index (χ4n) is 1.53. The molecule has 3 N–H and O–H groups in total. The van der Waals surface area contributed by atoms with Gasteiger partial charge in [0.15, 0.2) is 0 Å². The molecule has 1 aromatic rings. The number of amides is 1. The Morgan fingerprint density at radius 3 is 2.42 bits per heavy atom. The largest absolute Gasteiger partial charge is 0.353 e. The van der Waals surface area contributed by atoms with E-state index in [-0.39, 0.29) is 11.9 Å². The lowest BCUT2D eigenvalue weighted by Gasteiger charge is -2.26. The first-order valence-corrected chi connectivity index (χ1v) is 7.04. The summed E-state index contributed by atoms with van der Waals surface area (Å²) in [7, 11) is 3.96. The van der Waals surface area contributed by atoms with Gasteiger partial charge >= 0.3 is 0 Å². The van der Waals surface area contributed by atoms with Crippen LogP contribution in [0.2, 0.25) is 0 Å². The van der Waals surface area contributed by atoms with Gasteiger partial charge in [0, 0.05) is 17.1 Å². The molecule has 5 heteroatoms. The minimum Gasteiger partial charge on any atom is -0.353 e. The van der Waals surface area contributed by atoms with E-state index in [1.165, 1.54) is 0 Å². The van der Waals surface area contributed by atoms with Crippen LogP contribution in [0.4, 0.5) is 0 Å². The Balaban J connectivity index is 2.71. The third kappa shape index (κ3) is 4.30. The highest BCUT2D eigenvalue weighted by molar-refractivity contribution is 9.10. The monoisotopic (exact) mass is 327 g/mol. The maximum atomic E-state index is 12.2. The zero-order valence-corrected chi connectivity index (χ0v) is 13.5. The van der Waals surface area contributed by atoms with Crippen molar-refractivity contribution in [3.63, 3.8) is 0 Å². The van der Waals surface area contributed by atoms with Crippen molar-refractivity contribution in [3.8, 4) is 0 Å². The second-order valence-corrected chi connectivity index (χ2v) is 6.15. The smallest absolute Gasteiger partial charge is 0.244 e. The Hall–Kier alpha value is -0.910. The predicted octanol–water partition coefficient (Wildman–Crippen LogP) is 1.69. The number of rotatable bonds is 5. The number of nitrogens with zero attached hydrogens (tertiary/aromatic N) is 1. The van der Waals surface area contributed by atoms with Crippen molar-refractivity contribution in [2.45, 2.75) is 25.4 Å². The fourth-order valence-corrected chi connectivity index (χ4v) is 1.80.